The molecule has 1 fully saturated rings. The van der Waals surface area contributed by atoms with E-state index >= 15 is 0 Å². The molecule has 6 heteroatoms. The predicted molar refractivity (Wildman–Crippen MR) is 77.1 cm³/mol. The smallest absolute Gasteiger partial charge is 0.318 e. The molecule has 112 valence electrons. The summed E-state index contributed by atoms with van der Waals surface area (Å²) in [5, 5.41) is 2.66. The first-order valence-electron chi connectivity index (χ1n) is 6.81. The molecule has 1 aliphatic heterocycles. The summed E-state index contributed by atoms with van der Waals surface area (Å²) in [4.78, 5) is 30.0. The summed E-state index contributed by atoms with van der Waals surface area (Å²) in [6.07, 6.45) is 1.56. The van der Waals surface area contributed by atoms with Gasteiger partial charge in [-0.25, -0.2) is 9.18 Å². The van der Waals surface area contributed by atoms with Crippen molar-refractivity contribution in [3.63, 3.8) is 0 Å². The van der Waals surface area contributed by atoms with E-state index in [2.05, 4.69) is 10.3 Å². The number of halogens is 1. The van der Waals surface area contributed by atoms with Crippen LogP contribution in [0.2, 0.25) is 0 Å². The van der Waals surface area contributed by atoms with Crippen LogP contribution in [-0.2, 0) is 16.9 Å². The number of urea groups is 1. The van der Waals surface area contributed by atoms with Crippen LogP contribution in [0, 0.1) is 5.82 Å². The molecule has 0 aliphatic carbocycles. The lowest BCUT2D eigenvalue weighted by Gasteiger charge is -2.20. The second kappa shape index (κ2) is 5.22. The highest BCUT2D eigenvalue weighted by Gasteiger charge is 2.49. The molecule has 0 bridgehead atoms. The molecular formula is C16H14FN3O2. The molecule has 1 atom stereocenters. The lowest BCUT2D eigenvalue weighted by molar-refractivity contribution is -0.131. The van der Waals surface area contributed by atoms with Crippen molar-refractivity contribution in [2.24, 2.45) is 0 Å². The van der Waals surface area contributed by atoms with Gasteiger partial charge in [-0.2, -0.15) is 0 Å². The van der Waals surface area contributed by atoms with Gasteiger partial charge in [0.25, 0.3) is 5.91 Å². The molecule has 1 N–H and O–H groups in total. The van der Waals surface area contributed by atoms with Crippen LogP contribution < -0.4 is 5.32 Å². The number of nitrogens with zero attached hydrogens (tertiary/aromatic N) is 2. The molecule has 5 nitrogen and oxygen atoms in total. The highest BCUT2D eigenvalue weighted by atomic mass is 19.1. The number of pyridine rings is 1. The van der Waals surface area contributed by atoms with Gasteiger partial charge in [0.1, 0.15) is 5.82 Å². The molecule has 1 aliphatic rings. The minimum Gasteiger partial charge on any atom is -0.318 e. The average Bonchev–Trinajstić information content (AvgIpc) is 2.73. The number of imide groups is 1. The number of carbonyl (C=O) groups excluding carboxylic acids is 2. The molecule has 0 unspecified atom stereocenters. The van der Waals surface area contributed by atoms with Crippen LogP contribution >= 0.6 is 0 Å². The largest absolute Gasteiger partial charge is 0.325 e. The second-order valence-electron chi connectivity index (χ2n) is 5.29. The van der Waals surface area contributed by atoms with Crippen molar-refractivity contribution in [3.8, 4) is 0 Å². The summed E-state index contributed by atoms with van der Waals surface area (Å²) in [6, 6.07) is 10.5. The molecule has 1 aromatic carbocycles. The Morgan fingerprint density at radius 3 is 2.73 bits per heavy atom. The monoisotopic (exact) mass is 299 g/mol. The SMILES string of the molecule is C[C@]1(c2ccccn2)NC(=O)N(Cc2cccc(F)c2)C1=O. The number of carbonyl (C=O) groups is 2. The molecule has 3 amide bonds. The zero-order chi connectivity index (χ0) is 15.7. The van der Waals surface area contributed by atoms with E-state index in [4.69, 9.17) is 0 Å². The minimum absolute atomic E-state index is 0.0187. The lowest BCUT2D eigenvalue weighted by atomic mass is 9.97. The van der Waals surface area contributed by atoms with E-state index in [1.807, 2.05) is 0 Å². The van der Waals surface area contributed by atoms with E-state index in [0.717, 1.165) is 4.90 Å². The van der Waals surface area contributed by atoms with E-state index in [9.17, 15) is 14.0 Å². The lowest BCUT2D eigenvalue weighted by Crippen LogP contribution is -2.41. The van der Waals surface area contributed by atoms with Gasteiger partial charge in [-0.1, -0.05) is 18.2 Å². The number of rotatable bonds is 3. The van der Waals surface area contributed by atoms with E-state index in [1.54, 1.807) is 43.5 Å². The van der Waals surface area contributed by atoms with Gasteiger partial charge >= 0.3 is 6.03 Å². The van der Waals surface area contributed by atoms with Gasteiger partial charge in [0.05, 0.1) is 12.2 Å². The molecule has 0 spiro atoms. The van der Waals surface area contributed by atoms with Crippen LogP contribution in [-0.4, -0.2) is 21.8 Å². The van der Waals surface area contributed by atoms with E-state index in [-0.39, 0.29) is 6.54 Å². The summed E-state index contributed by atoms with van der Waals surface area (Å²) >= 11 is 0. The third-order valence-electron chi connectivity index (χ3n) is 3.68. The Bertz CT molecular complexity index is 735. The van der Waals surface area contributed by atoms with Crippen molar-refractivity contribution in [2.75, 3.05) is 0 Å². The van der Waals surface area contributed by atoms with Crippen LogP contribution in [0.3, 0.4) is 0 Å². The van der Waals surface area contributed by atoms with E-state index in [1.165, 1.54) is 12.1 Å². The summed E-state index contributed by atoms with van der Waals surface area (Å²) in [7, 11) is 0. The summed E-state index contributed by atoms with van der Waals surface area (Å²) < 4.78 is 13.2. The Labute approximate surface area is 126 Å². The molecule has 0 saturated carbocycles. The third kappa shape index (κ3) is 2.32. The quantitative estimate of drug-likeness (QED) is 0.884. The maximum Gasteiger partial charge on any atom is 0.325 e. The van der Waals surface area contributed by atoms with Crippen LogP contribution in [0.25, 0.3) is 0 Å². The first-order valence-corrected chi connectivity index (χ1v) is 6.81. The highest BCUT2D eigenvalue weighted by Crippen LogP contribution is 2.28. The predicted octanol–water partition coefficient (Wildman–Crippen LogP) is 2.19. The molecule has 3 rings (SSSR count). The number of benzene rings is 1. The van der Waals surface area contributed by atoms with E-state index < -0.39 is 23.3 Å². The van der Waals surface area contributed by atoms with Crippen molar-refractivity contribution in [2.45, 2.75) is 19.0 Å². The highest BCUT2D eigenvalue weighted by molar-refractivity contribution is 6.06. The Balaban J connectivity index is 1.89. The molecule has 1 aromatic heterocycles. The summed E-state index contributed by atoms with van der Waals surface area (Å²) in [5.41, 5.74) is -0.185. The average molecular weight is 299 g/mol. The van der Waals surface area contributed by atoms with Crippen molar-refractivity contribution < 1.29 is 14.0 Å². The Morgan fingerprint density at radius 1 is 1.23 bits per heavy atom. The van der Waals surface area contributed by atoms with Gasteiger partial charge in [-0.15, -0.1) is 0 Å². The standard InChI is InChI=1S/C16H14FN3O2/c1-16(13-7-2-3-8-18-13)14(21)20(15(22)19-16)10-11-5-4-6-12(17)9-11/h2-9H,10H2,1H3,(H,19,22)/t16-/m1/s1. The molecule has 0 radical (unpaired) electrons. The fourth-order valence-electron chi connectivity index (χ4n) is 2.49. The molecule has 2 aromatic rings. The summed E-state index contributed by atoms with van der Waals surface area (Å²) in [6.45, 7) is 1.63. The van der Waals surface area contributed by atoms with Gasteiger partial charge in [0, 0.05) is 6.20 Å². The van der Waals surface area contributed by atoms with Gasteiger partial charge in [0.2, 0.25) is 0 Å². The molecule has 1 saturated heterocycles. The van der Waals surface area contributed by atoms with Crippen molar-refractivity contribution in [3.05, 3.63) is 65.7 Å². The molecule has 2 heterocycles. The maximum absolute atomic E-state index is 13.2. The van der Waals surface area contributed by atoms with Crippen LogP contribution in [0.1, 0.15) is 18.2 Å². The van der Waals surface area contributed by atoms with Crippen LogP contribution in [0.15, 0.2) is 48.7 Å². The van der Waals surface area contributed by atoms with Gasteiger partial charge in [-0.3, -0.25) is 14.7 Å². The zero-order valence-corrected chi connectivity index (χ0v) is 11.9. The number of aromatic nitrogens is 1. The number of hydrogen-bond donors (Lipinski definition) is 1. The Morgan fingerprint density at radius 2 is 2.05 bits per heavy atom. The Kier molecular flexibility index (Phi) is 3.36. The van der Waals surface area contributed by atoms with E-state index in [0.29, 0.717) is 11.3 Å². The van der Waals surface area contributed by atoms with Crippen molar-refractivity contribution in [1.82, 2.24) is 15.2 Å². The summed E-state index contributed by atoms with van der Waals surface area (Å²) in [5.74, 6) is -0.808. The number of hydrogen-bond acceptors (Lipinski definition) is 3. The molecule has 22 heavy (non-hydrogen) atoms. The fourth-order valence-corrected chi connectivity index (χ4v) is 2.49. The zero-order valence-electron chi connectivity index (χ0n) is 11.9. The molecular weight excluding hydrogens is 285 g/mol. The van der Waals surface area contributed by atoms with Crippen LogP contribution in [0.5, 0.6) is 0 Å². The fraction of sp³-hybridized carbons (Fsp3) is 0.188. The van der Waals surface area contributed by atoms with Gasteiger partial charge in [-0.05, 0) is 36.8 Å². The van der Waals surface area contributed by atoms with Crippen LogP contribution in [0.4, 0.5) is 9.18 Å². The van der Waals surface area contributed by atoms with Crippen molar-refractivity contribution >= 4 is 11.9 Å². The first kappa shape index (κ1) is 14.2. The van der Waals surface area contributed by atoms with Crippen molar-refractivity contribution in [1.29, 1.82) is 0 Å². The maximum atomic E-state index is 13.2. The van der Waals surface area contributed by atoms with Gasteiger partial charge in [0.15, 0.2) is 5.54 Å². The number of amides is 3. The topological polar surface area (TPSA) is 62.3 Å². The Hall–Kier alpha value is -2.76. The number of nitrogens with one attached hydrogen (secondary N) is 1. The minimum atomic E-state index is -1.20. The first-order chi connectivity index (χ1) is 10.5. The van der Waals surface area contributed by atoms with Gasteiger partial charge < -0.3 is 5.32 Å². The second-order valence-corrected chi connectivity index (χ2v) is 5.29. The normalized spacial score (nSPS) is 21.1. The third-order valence-corrected chi connectivity index (χ3v) is 3.68.